The molecule has 2 amide bonds. The number of carbonyl (C=O) groups excluding carboxylic acids is 2. The van der Waals surface area contributed by atoms with Gasteiger partial charge in [0.05, 0.1) is 5.56 Å². The van der Waals surface area contributed by atoms with Gasteiger partial charge in [0.2, 0.25) is 0 Å². The molecule has 1 aromatic rings. The Labute approximate surface area is 129 Å². The Morgan fingerprint density at radius 2 is 2.09 bits per heavy atom. The van der Waals surface area contributed by atoms with Gasteiger partial charge in [0, 0.05) is 19.3 Å². The molecule has 23 heavy (non-hydrogen) atoms. The highest BCUT2D eigenvalue weighted by Crippen LogP contribution is 2.29. The van der Waals surface area contributed by atoms with E-state index >= 15 is 0 Å². The molecule has 0 bridgehead atoms. The van der Waals surface area contributed by atoms with Crippen molar-refractivity contribution in [3.8, 4) is 0 Å². The molecule has 0 radical (unpaired) electrons. The lowest BCUT2D eigenvalue weighted by Crippen LogP contribution is -2.45. The molecule has 1 saturated heterocycles. The van der Waals surface area contributed by atoms with Crippen LogP contribution >= 0.6 is 0 Å². The molecule has 1 aliphatic heterocycles. The number of nitrogens with zero attached hydrogens (tertiary/aromatic N) is 1. The van der Waals surface area contributed by atoms with Crippen LogP contribution < -0.4 is 10.9 Å². The molecule has 1 aliphatic rings. The van der Waals surface area contributed by atoms with Gasteiger partial charge in [-0.05, 0) is 24.8 Å². The van der Waals surface area contributed by atoms with E-state index in [0.717, 1.165) is 12.8 Å². The second-order valence-corrected chi connectivity index (χ2v) is 5.58. The van der Waals surface area contributed by atoms with Crippen LogP contribution in [-0.4, -0.2) is 34.8 Å². The normalized spacial score (nSPS) is 18.6. The first-order chi connectivity index (χ1) is 10.7. The lowest BCUT2D eigenvalue weighted by atomic mass is 10.0. The van der Waals surface area contributed by atoms with Gasteiger partial charge in [-0.15, -0.1) is 0 Å². The van der Waals surface area contributed by atoms with Gasteiger partial charge in [-0.1, -0.05) is 6.92 Å². The molecule has 0 unspecified atom stereocenters. The van der Waals surface area contributed by atoms with Crippen LogP contribution in [0.15, 0.2) is 17.1 Å². The molecule has 6 nitrogen and oxygen atoms in total. The van der Waals surface area contributed by atoms with Gasteiger partial charge in [0.15, 0.2) is 0 Å². The first-order valence-corrected chi connectivity index (χ1v) is 7.08. The molecule has 0 aromatic carbocycles. The fourth-order valence-corrected chi connectivity index (χ4v) is 2.43. The van der Waals surface area contributed by atoms with Crippen molar-refractivity contribution in [3.63, 3.8) is 0 Å². The van der Waals surface area contributed by atoms with E-state index in [0.29, 0.717) is 25.4 Å². The third-order valence-corrected chi connectivity index (χ3v) is 3.62. The van der Waals surface area contributed by atoms with Gasteiger partial charge in [0.25, 0.3) is 5.56 Å². The highest BCUT2D eigenvalue weighted by Gasteiger charge is 2.32. The van der Waals surface area contributed by atoms with Crippen molar-refractivity contribution in [3.05, 3.63) is 28.2 Å². The maximum atomic E-state index is 12.6. The van der Waals surface area contributed by atoms with E-state index in [2.05, 4.69) is 0 Å². The van der Waals surface area contributed by atoms with Crippen molar-refractivity contribution >= 4 is 17.5 Å². The molecule has 126 valence electrons. The minimum atomic E-state index is -4.67. The Balaban J connectivity index is 2.13. The van der Waals surface area contributed by atoms with Crippen molar-refractivity contribution in [1.29, 1.82) is 0 Å². The summed E-state index contributed by atoms with van der Waals surface area (Å²) in [5, 5.41) is 1.96. The standard InChI is InChI=1S/C14H16F3N3O3/c1-8-3-2-4-20(7-8)13(23)12(22)19-10-5-9(14(15,16)17)6-18-11(10)21/h5-6,8H,2-4,7H2,1H3,(H,18,21)(H,19,22)/t8-/m0/s1. The topological polar surface area (TPSA) is 82.3 Å². The number of H-pyrrole nitrogens is 1. The fourth-order valence-electron chi connectivity index (χ4n) is 2.43. The first-order valence-electron chi connectivity index (χ1n) is 7.08. The SMILES string of the molecule is C[C@H]1CCCN(C(=O)C(=O)Nc2cc(C(F)(F)F)c[nH]c2=O)C1. The Hall–Kier alpha value is -2.32. The number of aromatic amines is 1. The molecule has 1 aromatic heterocycles. The van der Waals surface area contributed by atoms with E-state index in [1.807, 2.05) is 17.2 Å². The maximum absolute atomic E-state index is 12.6. The van der Waals surface area contributed by atoms with E-state index in [1.165, 1.54) is 4.90 Å². The number of halogens is 3. The predicted molar refractivity (Wildman–Crippen MR) is 75.7 cm³/mol. The summed E-state index contributed by atoms with van der Waals surface area (Å²) in [6, 6.07) is 0.503. The molecular weight excluding hydrogens is 315 g/mol. The van der Waals surface area contributed by atoms with Crippen molar-refractivity contribution in [1.82, 2.24) is 9.88 Å². The summed E-state index contributed by atoms with van der Waals surface area (Å²) in [5.74, 6) is -1.73. The fraction of sp³-hybridized carbons (Fsp3) is 0.500. The lowest BCUT2D eigenvalue weighted by Gasteiger charge is -2.30. The molecule has 2 rings (SSSR count). The maximum Gasteiger partial charge on any atom is 0.417 e. The lowest BCUT2D eigenvalue weighted by molar-refractivity contribution is -0.144. The Morgan fingerprint density at radius 3 is 2.70 bits per heavy atom. The van der Waals surface area contributed by atoms with Gasteiger partial charge < -0.3 is 15.2 Å². The summed E-state index contributed by atoms with van der Waals surface area (Å²) >= 11 is 0. The van der Waals surface area contributed by atoms with Crippen LogP contribution in [0.25, 0.3) is 0 Å². The molecular formula is C14H16F3N3O3. The minimum absolute atomic E-state index is 0.248. The Kier molecular flexibility index (Phi) is 4.76. The number of pyridine rings is 1. The van der Waals surface area contributed by atoms with Crippen LogP contribution in [0.4, 0.5) is 18.9 Å². The van der Waals surface area contributed by atoms with Crippen LogP contribution in [0.1, 0.15) is 25.3 Å². The monoisotopic (exact) mass is 331 g/mol. The van der Waals surface area contributed by atoms with Gasteiger partial charge in [-0.2, -0.15) is 13.2 Å². The quantitative estimate of drug-likeness (QED) is 0.767. The zero-order chi connectivity index (χ0) is 17.2. The van der Waals surface area contributed by atoms with Crippen molar-refractivity contribution < 1.29 is 22.8 Å². The number of anilines is 1. The molecule has 2 heterocycles. The number of nitrogens with one attached hydrogen (secondary N) is 2. The van der Waals surface area contributed by atoms with Crippen LogP contribution in [0.5, 0.6) is 0 Å². The van der Waals surface area contributed by atoms with E-state index < -0.39 is 34.8 Å². The highest BCUT2D eigenvalue weighted by molar-refractivity contribution is 6.39. The third-order valence-electron chi connectivity index (χ3n) is 3.62. The van der Waals surface area contributed by atoms with Gasteiger partial charge in [-0.25, -0.2) is 0 Å². The summed E-state index contributed by atoms with van der Waals surface area (Å²) in [6.45, 7) is 2.76. The molecule has 0 spiro atoms. The summed E-state index contributed by atoms with van der Waals surface area (Å²) in [7, 11) is 0. The van der Waals surface area contributed by atoms with Crippen molar-refractivity contribution in [2.75, 3.05) is 18.4 Å². The second kappa shape index (κ2) is 6.43. The number of aromatic nitrogens is 1. The molecule has 0 aliphatic carbocycles. The van der Waals surface area contributed by atoms with Crippen molar-refractivity contribution in [2.45, 2.75) is 25.9 Å². The third kappa shape index (κ3) is 4.11. The molecule has 2 N–H and O–H groups in total. The van der Waals surface area contributed by atoms with E-state index in [4.69, 9.17) is 0 Å². The number of hydrogen-bond donors (Lipinski definition) is 2. The molecule has 1 fully saturated rings. The predicted octanol–water partition coefficient (Wildman–Crippen LogP) is 1.59. The zero-order valence-electron chi connectivity index (χ0n) is 12.4. The van der Waals surface area contributed by atoms with Gasteiger partial charge in [0.1, 0.15) is 5.69 Å². The Bertz CT molecular complexity index is 669. The van der Waals surface area contributed by atoms with E-state index in [9.17, 15) is 27.6 Å². The van der Waals surface area contributed by atoms with E-state index in [-0.39, 0.29) is 5.92 Å². The summed E-state index contributed by atoms with van der Waals surface area (Å²) in [5.41, 5.74) is -2.64. The zero-order valence-corrected chi connectivity index (χ0v) is 12.4. The average Bonchev–Trinajstić information content (AvgIpc) is 2.47. The number of piperidine rings is 1. The van der Waals surface area contributed by atoms with Crippen LogP contribution in [0.2, 0.25) is 0 Å². The molecule has 9 heteroatoms. The highest BCUT2D eigenvalue weighted by atomic mass is 19.4. The second-order valence-electron chi connectivity index (χ2n) is 5.58. The van der Waals surface area contributed by atoms with Gasteiger partial charge >= 0.3 is 18.0 Å². The van der Waals surface area contributed by atoms with Crippen LogP contribution in [0.3, 0.4) is 0 Å². The Morgan fingerprint density at radius 1 is 1.39 bits per heavy atom. The molecule has 1 atom stereocenters. The molecule has 0 saturated carbocycles. The number of carbonyl (C=O) groups is 2. The first kappa shape index (κ1) is 17.0. The summed E-state index contributed by atoms with van der Waals surface area (Å²) < 4.78 is 37.9. The number of likely N-dealkylation sites (tertiary alicyclic amines) is 1. The average molecular weight is 331 g/mol. The number of rotatable bonds is 1. The number of alkyl halides is 3. The number of hydrogen-bond acceptors (Lipinski definition) is 3. The van der Waals surface area contributed by atoms with Crippen LogP contribution in [-0.2, 0) is 15.8 Å². The minimum Gasteiger partial charge on any atom is -0.334 e. The largest absolute Gasteiger partial charge is 0.417 e. The summed E-state index contributed by atoms with van der Waals surface area (Å²) in [4.78, 5) is 38.7. The summed E-state index contributed by atoms with van der Waals surface area (Å²) in [6.07, 6.45) is -2.47. The van der Waals surface area contributed by atoms with Crippen LogP contribution in [0, 0.1) is 5.92 Å². The van der Waals surface area contributed by atoms with Gasteiger partial charge in [-0.3, -0.25) is 14.4 Å². The van der Waals surface area contributed by atoms with Crippen molar-refractivity contribution in [2.24, 2.45) is 5.92 Å². The van der Waals surface area contributed by atoms with E-state index in [1.54, 1.807) is 0 Å². The number of amides is 2. The smallest absolute Gasteiger partial charge is 0.334 e.